The van der Waals surface area contributed by atoms with Crippen molar-refractivity contribution in [2.24, 2.45) is 0 Å². The number of pyridine rings is 1. The molecule has 0 aliphatic heterocycles. The predicted molar refractivity (Wildman–Crippen MR) is 139 cm³/mol. The van der Waals surface area contributed by atoms with Crippen LogP contribution in [0.3, 0.4) is 0 Å². The Morgan fingerprint density at radius 1 is 1.03 bits per heavy atom. The molecule has 174 valence electrons. The van der Waals surface area contributed by atoms with Gasteiger partial charge in [0.15, 0.2) is 5.16 Å². The average Bonchev–Trinajstić information content (AvgIpc) is 2.80. The Kier molecular flexibility index (Phi) is 6.84. The molecule has 2 aromatic carbocycles. The lowest BCUT2D eigenvalue weighted by Crippen LogP contribution is -2.27. The van der Waals surface area contributed by atoms with Crippen LogP contribution < -0.4 is 10.9 Å². The van der Waals surface area contributed by atoms with E-state index >= 15 is 0 Å². The van der Waals surface area contributed by atoms with Crippen LogP contribution in [0.2, 0.25) is 0 Å². The standard InChI is InChI=1S/C27H28N4O2S/c1-16(2)20-11-8-9-18(4)24(20)30-25(32)19(5)34-27-29-22-12-7-6-10-21(22)26(33)31(27)23-15-17(3)13-14-28-23/h6-16,19H,1-5H3,(H,30,32). The average molecular weight is 473 g/mol. The first-order valence-corrected chi connectivity index (χ1v) is 12.2. The number of aromatic nitrogens is 3. The Morgan fingerprint density at radius 3 is 2.53 bits per heavy atom. The minimum absolute atomic E-state index is 0.146. The second-order valence-electron chi connectivity index (χ2n) is 8.69. The molecule has 1 amide bonds. The van der Waals surface area contributed by atoms with E-state index in [0.717, 1.165) is 22.4 Å². The first-order valence-electron chi connectivity index (χ1n) is 11.3. The van der Waals surface area contributed by atoms with Crippen molar-refractivity contribution in [3.05, 3.63) is 87.8 Å². The number of benzene rings is 2. The van der Waals surface area contributed by atoms with Crippen molar-refractivity contribution in [3.8, 4) is 5.82 Å². The summed E-state index contributed by atoms with van der Waals surface area (Å²) in [5.74, 6) is 0.615. The van der Waals surface area contributed by atoms with Crippen molar-refractivity contribution < 1.29 is 4.79 Å². The highest BCUT2D eigenvalue weighted by molar-refractivity contribution is 8.00. The summed E-state index contributed by atoms with van der Waals surface area (Å²) in [6.45, 7) is 9.97. The molecule has 7 heteroatoms. The fourth-order valence-electron chi connectivity index (χ4n) is 3.81. The van der Waals surface area contributed by atoms with Gasteiger partial charge in [-0.05, 0) is 67.6 Å². The number of fused-ring (bicyclic) bond motifs is 1. The minimum atomic E-state index is -0.497. The van der Waals surface area contributed by atoms with E-state index in [4.69, 9.17) is 4.98 Å². The summed E-state index contributed by atoms with van der Waals surface area (Å²) in [6.07, 6.45) is 1.67. The van der Waals surface area contributed by atoms with Gasteiger partial charge in [-0.2, -0.15) is 0 Å². The molecule has 0 radical (unpaired) electrons. The van der Waals surface area contributed by atoms with Crippen LogP contribution in [-0.2, 0) is 4.79 Å². The number of anilines is 1. The van der Waals surface area contributed by atoms with Gasteiger partial charge in [0.05, 0.1) is 16.2 Å². The third kappa shape index (κ3) is 4.75. The predicted octanol–water partition coefficient (Wildman–Crippen LogP) is 5.64. The molecule has 4 aromatic rings. The first-order chi connectivity index (χ1) is 16.3. The van der Waals surface area contributed by atoms with Crippen molar-refractivity contribution in [2.45, 2.75) is 50.9 Å². The lowest BCUT2D eigenvalue weighted by molar-refractivity contribution is -0.115. The number of aryl methyl sites for hydroxylation is 2. The summed E-state index contributed by atoms with van der Waals surface area (Å²) >= 11 is 1.25. The van der Waals surface area contributed by atoms with Crippen LogP contribution in [0.15, 0.2) is 70.7 Å². The van der Waals surface area contributed by atoms with Crippen molar-refractivity contribution in [2.75, 3.05) is 5.32 Å². The monoisotopic (exact) mass is 472 g/mol. The highest BCUT2D eigenvalue weighted by atomic mass is 32.2. The van der Waals surface area contributed by atoms with Gasteiger partial charge in [-0.25, -0.2) is 14.5 Å². The van der Waals surface area contributed by atoms with E-state index < -0.39 is 5.25 Å². The zero-order valence-electron chi connectivity index (χ0n) is 20.0. The van der Waals surface area contributed by atoms with Crippen LogP contribution >= 0.6 is 11.8 Å². The number of amides is 1. The lowest BCUT2D eigenvalue weighted by atomic mass is 9.98. The van der Waals surface area contributed by atoms with Gasteiger partial charge in [-0.15, -0.1) is 0 Å². The summed E-state index contributed by atoms with van der Waals surface area (Å²) in [6, 6.07) is 17.0. The third-order valence-electron chi connectivity index (χ3n) is 5.70. The molecular formula is C27H28N4O2S. The second-order valence-corrected chi connectivity index (χ2v) is 9.99. The van der Waals surface area contributed by atoms with Crippen molar-refractivity contribution in [1.29, 1.82) is 0 Å². The summed E-state index contributed by atoms with van der Waals surface area (Å²) in [5, 5.41) is 3.55. The highest BCUT2D eigenvalue weighted by Gasteiger charge is 2.22. The van der Waals surface area contributed by atoms with Gasteiger partial charge in [0.1, 0.15) is 5.82 Å². The highest BCUT2D eigenvalue weighted by Crippen LogP contribution is 2.30. The zero-order chi connectivity index (χ0) is 24.4. The molecule has 4 rings (SSSR count). The van der Waals surface area contributed by atoms with Crippen molar-refractivity contribution in [3.63, 3.8) is 0 Å². The number of hydrogen-bond donors (Lipinski definition) is 1. The summed E-state index contributed by atoms with van der Waals surface area (Å²) in [7, 11) is 0. The van der Waals surface area contributed by atoms with E-state index in [0.29, 0.717) is 21.9 Å². The van der Waals surface area contributed by atoms with Crippen LogP contribution in [0.5, 0.6) is 0 Å². The number of carbonyl (C=O) groups is 1. The van der Waals surface area contributed by atoms with E-state index in [9.17, 15) is 9.59 Å². The van der Waals surface area contributed by atoms with E-state index in [2.05, 4.69) is 24.1 Å². The molecular weight excluding hydrogens is 444 g/mol. The lowest BCUT2D eigenvalue weighted by Gasteiger charge is -2.19. The molecule has 6 nitrogen and oxygen atoms in total. The van der Waals surface area contributed by atoms with Crippen LogP contribution in [0.25, 0.3) is 16.7 Å². The molecule has 0 aliphatic rings. The molecule has 0 saturated carbocycles. The van der Waals surface area contributed by atoms with E-state index in [1.807, 2.05) is 69.3 Å². The van der Waals surface area contributed by atoms with Crippen LogP contribution in [0, 0.1) is 13.8 Å². The van der Waals surface area contributed by atoms with E-state index in [1.54, 1.807) is 12.3 Å². The van der Waals surface area contributed by atoms with E-state index in [-0.39, 0.29) is 17.4 Å². The Labute approximate surface area is 203 Å². The van der Waals surface area contributed by atoms with Gasteiger partial charge in [-0.3, -0.25) is 9.59 Å². The largest absolute Gasteiger partial charge is 0.325 e. The molecule has 34 heavy (non-hydrogen) atoms. The normalized spacial score (nSPS) is 12.2. The Morgan fingerprint density at radius 2 is 1.79 bits per heavy atom. The zero-order valence-corrected chi connectivity index (χ0v) is 20.8. The van der Waals surface area contributed by atoms with E-state index in [1.165, 1.54) is 16.3 Å². The summed E-state index contributed by atoms with van der Waals surface area (Å²) < 4.78 is 1.50. The maximum absolute atomic E-state index is 13.4. The molecule has 1 N–H and O–H groups in total. The fraction of sp³-hybridized carbons (Fsp3) is 0.259. The number of para-hydroxylation sites is 2. The maximum atomic E-state index is 13.4. The Balaban J connectivity index is 1.73. The molecule has 0 fully saturated rings. The molecule has 0 bridgehead atoms. The van der Waals surface area contributed by atoms with Crippen LogP contribution in [-0.4, -0.2) is 25.7 Å². The maximum Gasteiger partial charge on any atom is 0.267 e. The molecule has 1 unspecified atom stereocenters. The van der Waals surface area contributed by atoms with Gasteiger partial charge >= 0.3 is 0 Å². The van der Waals surface area contributed by atoms with Crippen LogP contribution in [0.1, 0.15) is 43.4 Å². The fourth-order valence-corrected chi connectivity index (χ4v) is 4.73. The van der Waals surface area contributed by atoms with Crippen molar-refractivity contribution in [1.82, 2.24) is 14.5 Å². The smallest absolute Gasteiger partial charge is 0.267 e. The van der Waals surface area contributed by atoms with Gasteiger partial charge in [0.2, 0.25) is 5.91 Å². The SMILES string of the molecule is Cc1ccnc(-n2c(SC(C)C(=O)Nc3c(C)cccc3C(C)C)nc3ccccc3c2=O)c1. The number of thioether (sulfide) groups is 1. The third-order valence-corrected chi connectivity index (χ3v) is 6.75. The Bertz CT molecular complexity index is 1430. The number of nitrogens with one attached hydrogen (secondary N) is 1. The topological polar surface area (TPSA) is 76.9 Å². The molecule has 0 spiro atoms. The molecule has 2 aromatic heterocycles. The Hall–Kier alpha value is -3.45. The first kappa shape index (κ1) is 23.7. The number of rotatable bonds is 6. The number of nitrogens with zero attached hydrogens (tertiary/aromatic N) is 3. The molecule has 1 atom stereocenters. The number of hydrogen-bond acceptors (Lipinski definition) is 5. The summed E-state index contributed by atoms with van der Waals surface area (Å²) in [5.41, 5.74) is 4.32. The van der Waals surface area contributed by atoms with Crippen LogP contribution in [0.4, 0.5) is 5.69 Å². The molecule has 0 saturated heterocycles. The quantitative estimate of drug-likeness (QED) is 0.290. The minimum Gasteiger partial charge on any atom is -0.325 e. The summed E-state index contributed by atoms with van der Waals surface area (Å²) in [4.78, 5) is 35.8. The molecule has 2 heterocycles. The van der Waals surface area contributed by atoms with Gasteiger partial charge in [-0.1, -0.05) is 55.9 Å². The van der Waals surface area contributed by atoms with Gasteiger partial charge < -0.3 is 5.32 Å². The van der Waals surface area contributed by atoms with Gasteiger partial charge in [0, 0.05) is 11.9 Å². The number of carbonyl (C=O) groups excluding carboxylic acids is 1. The molecule has 0 aliphatic carbocycles. The van der Waals surface area contributed by atoms with Gasteiger partial charge in [0.25, 0.3) is 5.56 Å². The second kappa shape index (κ2) is 9.81. The van der Waals surface area contributed by atoms with Crippen molar-refractivity contribution >= 4 is 34.3 Å².